The fourth-order valence-corrected chi connectivity index (χ4v) is 1.59. The van der Waals surface area contributed by atoms with E-state index in [0.29, 0.717) is 0 Å². The van der Waals surface area contributed by atoms with Crippen LogP contribution in [0.4, 0.5) is 13.2 Å². The number of esters is 1. The normalized spacial score (nSPS) is 11.2. The Balaban J connectivity index is 2.79. The van der Waals surface area contributed by atoms with Gasteiger partial charge < -0.3 is 9.47 Å². The molecule has 0 radical (unpaired) electrons. The molecule has 0 saturated carbocycles. The van der Waals surface area contributed by atoms with Gasteiger partial charge in [-0.2, -0.15) is 0 Å². The molecule has 0 aliphatic rings. The summed E-state index contributed by atoms with van der Waals surface area (Å²) in [5, 5.41) is 0.124. The van der Waals surface area contributed by atoms with Crippen LogP contribution < -0.4 is 4.74 Å². The van der Waals surface area contributed by atoms with E-state index in [1.165, 1.54) is 12.1 Å². The smallest absolute Gasteiger partial charge is 0.466 e. The number of carbonyl (C=O) groups is 1. The molecule has 0 N–H and O–H groups in total. The zero-order chi connectivity index (χ0) is 14.5. The second-order valence-corrected chi connectivity index (χ2v) is 4.04. The van der Waals surface area contributed by atoms with E-state index < -0.39 is 18.1 Å². The molecule has 0 aliphatic heterocycles. The van der Waals surface area contributed by atoms with Crippen LogP contribution in [0.1, 0.15) is 18.9 Å². The molecule has 0 spiro atoms. The Morgan fingerprint density at radius 1 is 1.37 bits per heavy atom. The molecule has 0 aliphatic carbocycles. The van der Waals surface area contributed by atoms with Crippen LogP contribution in [0.15, 0.2) is 18.2 Å². The molecule has 0 saturated heterocycles. The van der Waals surface area contributed by atoms with Crippen LogP contribution in [-0.2, 0) is 16.0 Å². The first-order chi connectivity index (χ1) is 8.81. The highest BCUT2D eigenvalue weighted by molar-refractivity contribution is 6.30. The van der Waals surface area contributed by atoms with Crippen molar-refractivity contribution in [2.24, 2.45) is 0 Å². The molecule has 1 rings (SSSR count). The number of alkyl halides is 3. The van der Waals surface area contributed by atoms with Crippen molar-refractivity contribution in [1.82, 2.24) is 0 Å². The molecule has 0 amide bonds. The van der Waals surface area contributed by atoms with Crippen LogP contribution in [0.3, 0.4) is 0 Å². The third-order valence-electron chi connectivity index (χ3n) is 2.16. The maximum atomic E-state index is 12.2. The first-order valence-electron chi connectivity index (χ1n) is 5.51. The summed E-state index contributed by atoms with van der Waals surface area (Å²) in [4.78, 5) is 11.2. The molecule has 0 bridgehead atoms. The molecule has 0 heterocycles. The number of carbonyl (C=O) groups excluding carboxylic acids is 1. The third kappa shape index (κ3) is 5.83. The van der Waals surface area contributed by atoms with Crippen molar-refractivity contribution >= 4 is 17.6 Å². The van der Waals surface area contributed by atoms with Gasteiger partial charge in [0.15, 0.2) is 0 Å². The summed E-state index contributed by atoms with van der Waals surface area (Å²) in [6, 6.07) is 3.89. The zero-order valence-corrected chi connectivity index (χ0v) is 10.8. The Labute approximate surface area is 113 Å². The van der Waals surface area contributed by atoms with Crippen molar-refractivity contribution in [3.63, 3.8) is 0 Å². The summed E-state index contributed by atoms with van der Waals surface area (Å²) in [5.74, 6) is -0.875. The minimum Gasteiger partial charge on any atom is -0.466 e. The van der Waals surface area contributed by atoms with Gasteiger partial charge in [-0.3, -0.25) is 4.79 Å². The van der Waals surface area contributed by atoms with Crippen LogP contribution in [0, 0.1) is 0 Å². The molecule has 0 unspecified atom stereocenters. The largest absolute Gasteiger partial charge is 0.573 e. The molecule has 7 heteroatoms. The van der Waals surface area contributed by atoms with Crippen molar-refractivity contribution in [2.45, 2.75) is 26.1 Å². The predicted molar refractivity (Wildman–Crippen MR) is 63.1 cm³/mol. The molecule has 19 heavy (non-hydrogen) atoms. The summed E-state index contributed by atoms with van der Waals surface area (Å²) in [6.45, 7) is 1.88. The van der Waals surface area contributed by atoms with Crippen LogP contribution in [-0.4, -0.2) is 18.9 Å². The van der Waals surface area contributed by atoms with E-state index in [-0.39, 0.29) is 30.0 Å². The fourth-order valence-electron chi connectivity index (χ4n) is 1.42. The van der Waals surface area contributed by atoms with Gasteiger partial charge in [-0.25, -0.2) is 0 Å². The van der Waals surface area contributed by atoms with Gasteiger partial charge in [-0.15, -0.1) is 13.2 Å². The predicted octanol–water partition coefficient (Wildman–Crippen LogP) is 3.73. The number of halogens is 4. The summed E-state index contributed by atoms with van der Waals surface area (Å²) in [5.41, 5.74) is 0.245. The highest BCUT2D eigenvalue weighted by Gasteiger charge is 2.32. The Hall–Kier alpha value is -1.43. The lowest BCUT2D eigenvalue weighted by atomic mass is 10.1. The van der Waals surface area contributed by atoms with Crippen molar-refractivity contribution in [2.75, 3.05) is 6.61 Å². The van der Waals surface area contributed by atoms with E-state index in [4.69, 9.17) is 16.3 Å². The molecule has 106 valence electrons. The fraction of sp³-hybridized carbons (Fsp3) is 0.417. The maximum Gasteiger partial charge on any atom is 0.573 e. The number of aryl methyl sites for hydroxylation is 1. The average molecular weight is 297 g/mol. The highest BCUT2D eigenvalue weighted by atomic mass is 35.5. The molecule has 1 aromatic rings. The van der Waals surface area contributed by atoms with Crippen molar-refractivity contribution < 1.29 is 27.4 Å². The van der Waals surface area contributed by atoms with Crippen LogP contribution in [0.2, 0.25) is 5.02 Å². The number of benzene rings is 1. The van der Waals surface area contributed by atoms with Gasteiger partial charge in [0.25, 0.3) is 0 Å². The Bertz CT molecular complexity index is 446. The van der Waals surface area contributed by atoms with Crippen LogP contribution in [0.25, 0.3) is 0 Å². The van der Waals surface area contributed by atoms with Gasteiger partial charge in [-0.05, 0) is 31.0 Å². The van der Waals surface area contributed by atoms with E-state index in [9.17, 15) is 18.0 Å². The summed E-state index contributed by atoms with van der Waals surface area (Å²) in [7, 11) is 0. The summed E-state index contributed by atoms with van der Waals surface area (Å²) >= 11 is 5.62. The summed E-state index contributed by atoms with van der Waals surface area (Å²) < 4.78 is 45.2. The van der Waals surface area contributed by atoms with Crippen LogP contribution >= 0.6 is 11.6 Å². The van der Waals surface area contributed by atoms with E-state index in [1.54, 1.807) is 6.92 Å². The highest BCUT2D eigenvalue weighted by Crippen LogP contribution is 2.30. The quantitative estimate of drug-likeness (QED) is 0.777. The minimum atomic E-state index is -4.80. The number of hydrogen-bond acceptors (Lipinski definition) is 3. The molecule has 0 aromatic heterocycles. The van der Waals surface area contributed by atoms with Crippen molar-refractivity contribution in [3.8, 4) is 5.75 Å². The topological polar surface area (TPSA) is 35.5 Å². The Morgan fingerprint density at radius 3 is 2.63 bits per heavy atom. The minimum absolute atomic E-state index is 0.0241. The number of hydrogen-bond donors (Lipinski definition) is 0. The lowest BCUT2D eigenvalue weighted by Gasteiger charge is -2.13. The Morgan fingerprint density at radius 2 is 2.05 bits per heavy atom. The Kier molecular flexibility index (Phi) is 5.47. The van der Waals surface area contributed by atoms with Gasteiger partial charge in [0.05, 0.1) is 6.61 Å². The summed E-state index contributed by atoms with van der Waals surface area (Å²) in [6.07, 6.45) is -4.74. The van der Waals surface area contributed by atoms with Gasteiger partial charge in [0, 0.05) is 11.4 Å². The van der Waals surface area contributed by atoms with E-state index >= 15 is 0 Å². The lowest BCUT2D eigenvalue weighted by molar-refractivity contribution is -0.274. The molecule has 0 fully saturated rings. The van der Waals surface area contributed by atoms with E-state index in [1.807, 2.05) is 0 Å². The number of rotatable bonds is 5. The first kappa shape index (κ1) is 15.6. The van der Waals surface area contributed by atoms with E-state index in [2.05, 4.69) is 4.74 Å². The first-order valence-corrected chi connectivity index (χ1v) is 5.89. The molecule has 3 nitrogen and oxygen atoms in total. The second kappa shape index (κ2) is 6.65. The molecule has 0 atom stereocenters. The monoisotopic (exact) mass is 296 g/mol. The number of ether oxygens (including phenoxy) is 2. The third-order valence-corrected chi connectivity index (χ3v) is 2.39. The molecular formula is C12H12ClF3O3. The molecule has 1 aromatic carbocycles. The zero-order valence-electron chi connectivity index (χ0n) is 10.1. The average Bonchev–Trinajstić information content (AvgIpc) is 2.26. The standard InChI is InChI=1S/C12H12ClF3O3/c1-2-18-11(17)6-4-8-3-5-9(13)7-10(8)19-12(14,15)16/h3,5,7H,2,4,6H2,1H3. The SMILES string of the molecule is CCOC(=O)CCc1ccc(Cl)cc1OC(F)(F)F. The lowest BCUT2D eigenvalue weighted by Crippen LogP contribution is -2.18. The second-order valence-electron chi connectivity index (χ2n) is 3.60. The molecular weight excluding hydrogens is 285 g/mol. The van der Waals surface area contributed by atoms with Gasteiger partial charge in [0.2, 0.25) is 0 Å². The van der Waals surface area contributed by atoms with Gasteiger partial charge >= 0.3 is 12.3 Å². The van der Waals surface area contributed by atoms with Crippen LogP contribution in [0.5, 0.6) is 5.75 Å². The maximum absolute atomic E-state index is 12.2. The van der Waals surface area contributed by atoms with Crippen molar-refractivity contribution in [1.29, 1.82) is 0 Å². The van der Waals surface area contributed by atoms with Gasteiger partial charge in [0.1, 0.15) is 5.75 Å². The van der Waals surface area contributed by atoms with Crippen molar-refractivity contribution in [3.05, 3.63) is 28.8 Å². The van der Waals surface area contributed by atoms with Gasteiger partial charge in [-0.1, -0.05) is 17.7 Å². The van der Waals surface area contributed by atoms with E-state index in [0.717, 1.165) is 6.07 Å².